The van der Waals surface area contributed by atoms with Gasteiger partial charge in [-0.15, -0.1) is 0 Å². The van der Waals surface area contributed by atoms with E-state index in [1.165, 1.54) is 6.42 Å². The summed E-state index contributed by atoms with van der Waals surface area (Å²) < 4.78 is 38.9. The standard InChI is InChI=1S/C26H28F3N3O.CH2O3/c1-17-14-19(16-22(15-17)31-24-30-13-12-23(32-24)26(27,28)29)18-8-10-21(11-9-18)25(2,33)20-6-4-3-5-7-20;2-1(3)4/h8-16,20,33H,3-7H2,1-2H3,(H,30,31,32);(H2,2,3,4)/t25-;/m0./s1. The fourth-order valence-corrected chi connectivity index (χ4v) is 4.63. The van der Waals surface area contributed by atoms with Gasteiger partial charge in [0.15, 0.2) is 0 Å². The van der Waals surface area contributed by atoms with Gasteiger partial charge in [-0.25, -0.2) is 14.8 Å². The molecule has 4 rings (SSSR count). The van der Waals surface area contributed by atoms with Crippen LogP contribution >= 0.6 is 0 Å². The molecule has 0 saturated heterocycles. The van der Waals surface area contributed by atoms with Crippen molar-refractivity contribution in [3.8, 4) is 11.1 Å². The first kappa shape index (κ1) is 27.9. The minimum Gasteiger partial charge on any atom is -0.450 e. The molecule has 37 heavy (non-hydrogen) atoms. The maximum Gasteiger partial charge on any atom is 0.503 e. The van der Waals surface area contributed by atoms with E-state index in [1.807, 2.05) is 56.3 Å². The van der Waals surface area contributed by atoms with Crippen molar-refractivity contribution in [3.63, 3.8) is 0 Å². The second-order valence-electron chi connectivity index (χ2n) is 9.32. The van der Waals surface area contributed by atoms with E-state index in [2.05, 4.69) is 15.3 Å². The summed E-state index contributed by atoms with van der Waals surface area (Å²) in [5.74, 6) is 0.152. The number of aliphatic hydroxyl groups is 1. The highest BCUT2D eigenvalue weighted by molar-refractivity contribution is 5.71. The van der Waals surface area contributed by atoms with Crippen LogP contribution < -0.4 is 5.32 Å². The molecular weight excluding hydrogens is 487 g/mol. The largest absolute Gasteiger partial charge is 0.503 e. The highest BCUT2D eigenvalue weighted by Gasteiger charge is 2.34. The van der Waals surface area contributed by atoms with Crippen LogP contribution in [0.25, 0.3) is 11.1 Å². The van der Waals surface area contributed by atoms with E-state index >= 15 is 0 Å². The zero-order valence-corrected chi connectivity index (χ0v) is 20.6. The second kappa shape index (κ2) is 11.6. The first-order valence-corrected chi connectivity index (χ1v) is 11.9. The SMILES string of the molecule is Cc1cc(Nc2nccc(C(F)(F)F)n2)cc(-c2ccc([C@@](C)(O)C3CCCCC3)cc2)c1.O=C(O)O. The number of carbonyl (C=O) groups is 1. The van der Waals surface area contributed by atoms with Crippen molar-refractivity contribution in [1.82, 2.24) is 9.97 Å². The van der Waals surface area contributed by atoms with Crippen LogP contribution in [0.1, 0.15) is 55.8 Å². The van der Waals surface area contributed by atoms with E-state index in [0.29, 0.717) is 5.69 Å². The molecule has 1 atom stereocenters. The molecule has 1 aliphatic carbocycles. The van der Waals surface area contributed by atoms with Crippen LogP contribution in [0.5, 0.6) is 0 Å². The van der Waals surface area contributed by atoms with E-state index in [-0.39, 0.29) is 11.9 Å². The number of hydrogen-bond acceptors (Lipinski definition) is 5. The molecule has 10 heteroatoms. The normalized spacial score (nSPS) is 15.7. The van der Waals surface area contributed by atoms with E-state index in [0.717, 1.165) is 60.2 Å². The molecule has 7 nitrogen and oxygen atoms in total. The van der Waals surface area contributed by atoms with Crippen molar-refractivity contribution in [2.75, 3.05) is 5.32 Å². The van der Waals surface area contributed by atoms with Crippen LogP contribution in [0.3, 0.4) is 0 Å². The Morgan fingerprint density at radius 1 is 0.973 bits per heavy atom. The summed E-state index contributed by atoms with van der Waals surface area (Å²) >= 11 is 0. The number of benzene rings is 2. The zero-order valence-electron chi connectivity index (χ0n) is 20.6. The lowest BCUT2D eigenvalue weighted by atomic mass is 9.74. The van der Waals surface area contributed by atoms with Gasteiger partial charge in [-0.2, -0.15) is 13.2 Å². The number of hydrogen-bond donors (Lipinski definition) is 4. The van der Waals surface area contributed by atoms with Crippen molar-refractivity contribution in [1.29, 1.82) is 0 Å². The van der Waals surface area contributed by atoms with Crippen molar-refractivity contribution in [2.45, 2.75) is 57.7 Å². The van der Waals surface area contributed by atoms with Crippen LogP contribution in [0.4, 0.5) is 29.6 Å². The Bertz CT molecular complexity index is 1200. The summed E-state index contributed by atoms with van der Waals surface area (Å²) in [5, 5.41) is 28.0. The number of nitrogens with one attached hydrogen (secondary N) is 1. The minimum absolute atomic E-state index is 0.111. The molecule has 4 N–H and O–H groups in total. The summed E-state index contributed by atoms with van der Waals surface area (Å²) in [6, 6.07) is 14.4. The third-order valence-electron chi connectivity index (χ3n) is 6.48. The number of alkyl halides is 3. The molecule has 2 aromatic carbocycles. The van der Waals surface area contributed by atoms with Crippen molar-refractivity contribution in [2.24, 2.45) is 5.92 Å². The molecule has 1 saturated carbocycles. The number of nitrogens with zero attached hydrogens (tertiary/aromatic N) is 2. The van der Waals surface area contributed by atoms with Crippen molar-refractivity contribution >= 4 is 17.8 Å². The van der Waals surface area contributed by atoms with E-state index < -0.39 is 23.6 Å². The molecule has 1 heterocycles. The molecule has 0 spiro atoms. The van der Waals surface area contributed by atoms with Gasteiger partial charge in [-0.3, -0.25) is 0 Å². The lowest BCUT2D eigenvalue weighted by molar-refractivity contribution is -0.141. The smallest absolute Gasteiger partial charge is 0.450 e. The Labute approximate surface area is 213 Å². The number of rotatable bonds is 5. The molecule has 1 aliphatic rings. The molecular formula is C27H30F3N3O4. The Kier molecular flexibility index (Phi) is 8.75. The van der Waals surface area contributed by atoms with Gasteiger partial charge in [0.2, 0.25) is 5.95 Å². The monoisotopic (exact) mass is 517 g/mol. The summed E-state index contributed by atoms with van der Waals surface area (Å²) in [4.78, 5) is 16.0. The van der Waals surface area contributed by atoms with Gasteiger partial charge in [0.1, 0.15) is 5.69 Å². The second-order valence-corrected chi connectivity index (χ2v) is 9.32. The average molecular weight is 518 g/mol. The molecule has 0 bridgehead atoms. The van der Waals surface area contributed by atoms with E-state index in [1.54, 1.807) is 0 Å². The quantitative estimate of drug-likeness (QED) is 0.282. The lowest BCUT2D eigenvalue weighted by Crippen LogP contribution is -2.33. The van der Waals surface area contributed by atoms with Gasteiger partial charge < -0.3 is 20.6 Å². The fraction of sp³-hybridized carbons (Fsp3) is 0.370. The molecule has 0 unspecified atom stereocenters. The van der Waals surface area contributed by atoms with Crippen molar-refractivity contribution < 1.29 is 33.3 Å². The minimum atomic E-state index is -4.53. The van der Waals surface area contributed by atoms with Crippen LogP contribution in [-0.4, -0.2) is 31.4 Å². The Hall–Kier alpha value is -3.66. The first-order chi connectivity index (χ1) is 17.4. The summed E-state index contributed by atoms with van der Waals surface area (Å²) in [6.45, 7) is 3.83. The predicted octanol–water partition coefficient (Wildman–Crippen LogP) is 7.22. The first-order valence-electron chi connectivity index (χ1n) is 11.9. The number of carboxylic acid groups (broad SMARTS) is 2. The molecule has 0 radical (unpaired) electrons. The maximum absolute atomic E-state index is 13.0. The summed E-state index contributed by atoms with van der Waals surface area (Å²) in [7, 11) is 0. The zero-order chi connectivity index (χ0) is 27.2. The van der Waals surface area contributed by atoms with Gasteiger partial charge in [0.25, 0.3) is 0 Å². The number of halogens is 3. The highest BCUT2D eigenvalue weighted by Crippen LogP contribution is 2.39. The fourth-order valence-electron chi connectivity index (χ4n) is 4.63. The predicted molar refractivity (Wildman–Crippen MR) is 134 cm³/mol. The van der Waals surface area contributed by atoms with E-state index in [9.17, 15) is 18.3 Å². The molecule has 3 aromatic rings. The number of aryl methyl sites for hydroxylation is 1. The van der Waals surface area contributed by atoms with Crippen molar-refractivity contribution in [3.05, 3.63) is 71.5 Å². The maximum atomic E-state index is 13.0. The van der Waals surface area contributed by atoms with Gasteiger partial charge >= 0.3 is 12.3 Å². The molecule has 0 amide bonds. The summed E-state index contributed by atoms with van der Waals surface area (Å²) in [5.41, 5.74) is 2.46. The average Bonchev–Trinajstić information content (AvgIpc) is 2.84. The van der Waals surface area contributed by atoms with Gasteiger partial charge in [-0.1, -0.05) is 49.6 Å². The third-order valence-corrected chi connectivity index (χ3v) is 6.48. The molecule has 198 valence electrons. The Morgan fingerprint density at radius 3 is 2.19 bits per heavy atom. The third kappa shape index (κ3) is 7.66. The van der Waals surface area contributed by atoms with Crippen LogP contribution in [0.15, 0.2) is 54.7 Å². The number of anilines is 2. The molecule has 1 aromatic heterocycles. The van der Waals surface area contributed by atoms with Crippen LogP contribution in [0.2, 0.25) is 0 Å². The van der Waals surface area contributed by atoms with Gasteiger partial charge in [0, 0.05) is 11.9 Å². The molecule has 0 aliphatic heterocycles. The number of aromatic nitrogens is 2. The molecule has 1 fully saturated rings. The Morgan fingerprint density at radius 2 is 1.59 bits per heavy atom. The van der Waals surface area contributed by atoms with Crippen LogP contribution in [0, 0.1) is 12.8 Å². The van der Waals surface area contributed by atoms with E-state index in [4.69, 9.17) is 15.0 Å². The lowest BCUT2D eigenvalue weighted by Gasteiger charge is -2.36. The Balaban J connectivity index is 0.000000886. The van der Waals surface area contributed by atoms with Gasteiger partial charge in [-0.05, 0) is 73.1 Å². The van der Waals surface area contributed by atoms with Gasteiger partial charge in [0.05, 0.1) is 5.60 Å². The summed E-state index contributed by atoms with van der Waals surface area (Å²) in [6.07, 6.45) is 0.365. The highest BCUT2D eigenvalue weighted by atomic mass is 19.4. The topological polar surface area (TPSA) is 116 Å². The van der Waals surface area contributed by atoms with Crippen LogP contribution in [-0.2, 0) is 11.8 Å².